The zero-order chi connectivity index (χ0) is 28.0. The molecule has 1 aliphatic rings. The highest BCUT2D eigenvalue weighted by molar-refractivity contribution is 7.18. The summed E-state index contributed by atoms with van der Waals surface area (Å²) in [7, 11) is 0. The fraction of sp³-hybridized carbons (Fsp3) is 0.458. The number of thiophene rings is 1. The third-order valence-corrected chi connectivity index (χ3v) is 6.72. The number of nitrogens with zero attached hydrogens (tertiary/aromatic N) is 2. The number of hydrogen-bond donors (Lipinski definition) is 2. The van der Waals surface area contributed by atoms with E-state index in [1.807, 2.05) is 0 Å². The maximum atomic E-state index is 14.9. The monoisotopic (exact) mass is 578 g/mol. The van der Waals surface area contributed by atoms with Gasteiger partial charge in [-0.2, -0.15) is 13.2 Å². The Bertz CT molecular complexity index is 1160. The smallest absolute Gasteiger partial charge is 0.370 e. The lowest BCUT2D eigenvalue weighted by atomic mass is 10.1. The second-order valence-electron chi connectivity index (χ2n) is 9.02. The molecular formula is C24H27ClF4N4O4S. The van der Waals surface area contributed by atoms with Crippen molar-refractivity contribution in [2.45, 2.75) is 26.1 Å². The van der Waals surface area contributed by atoms with Crippen molar-refractivity contribution in [3.63, 3.8) is 0 Å². The molecule has 2 heterocycles. The Balaban J connectivity index is 1.82. The number of nitrogens with one attached hydrogen (secondary N) is 2. The van der Waals surface area contributed by atoms with Gasteiger partial charge in [-0.05, 0) is 36.2 Å². The summed E-state index contributed by atoms with van der Waals surface area (Å²) in [6.07, 6.45) is -4.63. The predicted molar refractivity (Wildman–Crippen MR) is 136 cm³/mol. The molecule has 1 fully saturated rings. The lowest BCUT2D eigenvalue weighted by Gasteiger charge is -2.33. The number of benzene rings is 1. The van der Waals surface area contributed by atoms with E-state index in [9.17, 15) is 31.9 Å². The molecule has 1 aliphatic heterocycles. The van der Waals surface area contributed by atoms with Crippen molar-refractivity contribution in [1.82, 2.24) is 10.2 Å². The van der Waals surface area contributed by atoms with Gasteiger partial charge in [0, 0.05) is 25.3 Å². The minimum Gasteiger partial charge on any atom is -0.370 e. The molecule has 0 unspecified atom stereocenters. The molecule has 0 radical (unpaired) electrons. The van der Waals surface area contributed by atoms with Crippen LogP contribution < -0.4 is 15.5 Å². The second kappa shape index (κ2) is 12.9. The van der Waals surface area contributed by atoms with Crippen molar-refractivity contribution >= 4 is 52.0 Å². The Labute approximate surface area is 225 Å². The van der Waals surface area contributed by atoms with Gasteiger partial charge in [0.15, 0.2) is 0 Å². The highest BCUT2D eigenvalue weighted by Gasteiger charge is 2.37. The minimum atomic E-state index is -4.63. The van der Waals surface area contributed by atoms with Gasteiger partial charge in [0.1, 0.15) is 18.5 Å². The summed E-state index contributed by atoms with van der Waals surface area (Å²) >= 11 is 6.83. The van der Waals surface area contributed by atoms with Gasteiger partial charge in [0.25, 0.3) is 11.8 Å². The van der Waals surface area contributed by atoms with Crippen molar-refractivity contribution in [3.8, 4) is 0 Å². The number of carbonyl (C=O) groups excluding carboxylic acids is 3. The number of carbonyl (C=O) groups is 3. The zero-order valence-corrected chi connectivity index (χ0v) is 22.2. The number of ether oxygens (including phenoxy) is 1. The summed E-state index contributed by atoms with van der Waals surface area (Å²) in [5.41, 5.74) is -0.0249. The maximum absolute atomic E-state index is 14.9. The molecule has 1 saturated heterocycles. The van der Waals surface area contributed by atoms with Gasteiger partial charge in [-0.25, -0.2) is 4.39 Å². The molecule has 0 saturated carbocycles. The topological polar surface area (TPSA) is 91.0 Å². The van der Waals surface area contributed by atoms with Gasteiger partial charge >= 0.3 is 6.18 Å². The fourth-order valence-electron chi connectivity index (χ4n) is 3.88. The molecular weight excluding hydrogens is 552 g/mol. The Morgan fingerprint density at radius 2 is 1.97 bits per heavy atom. The summed E-state index contributed by atoms with van der Waals surface area (Å²) in [6, 6.07) is 5.17. The molecule has 8 nitrogen and oxygen atoms in total. The van der Waals surface area contributed by atoms with Crippen molar-refractivity contribution in [1.29, 1.82) is 0 Å². The second-order valence-corrected chi connectivity index (χ2v) is 10.7. The fourth-order valence-corrected chi connectivity index (χ4v) is 4.84. The lowest BCUT2D eigenvalue weighted by Crippen LogP contribution is -2.54. The number of morpholine rings is 1. The summed E-state index contributed by atoms with van der Waals surface area (Å²) < 4.78 is 60.6. The highest BCUT2D eigenvalue weighted by Crippen LogP contribution is 2.25. The van der Waals surface area contributed by atoms with Crippen LogP contribution in [0.2, 0.25) is 4.34 Å². The molecule has 3 rings (SSSR count). The van der Waals surface area contributed by atoms with Gasteiger partial charge in [-0.1, -0.05) is 25.4 Å². The molecule has 0 aliphatic carbocycles. The molecule has 1 aromatic carbocycles. The average Bonchev–Trinajstić information content (AvgIpc) is 3.25. The van der Waals surface area contributed by atoms with E-state index in [1.165, 1.54) is 29.2 Å². The number of alkyl halides is 3. The SMILES string of the molecule is CC(C)CN(CC(F)(F)F)[C@H](CNC(=O)c1ccc(Cl)s1)C(=O)Nc1ccc(N2CCOCC2=O)cc1F. The molecule has 2 aromatic rings. The van der Waals surface area contributed by atoms with Crippen LogP contribution in [0.4, 0.5) is 28.9 Å². The number of halogens is 5. The number of amides is 3. The first kappa shape index (κ1) is 29.8. The zero-order valence-electron chi connectivity index (χ0n) is 20.6. The first-order valence-electron chi connectivity index (χ1n) is 11.7. The molecule has 3 amide bonds. The Kier molecular flexibility index (Phi) is 10.1. The van der Waals surface area contributed by atoms with E-state index in [1.54, 1.807) is 13.8 Å². The summed E-state index contributed by atoms with van der Waals surface area (Å²) in [5.74, 6) is -3.03. The molecule has 14 heteroatoms. The van der Waals surface area contributed by atoms with Crippen LogP contribution in [0.1, 0.15) is 23.5 Å². The van der Waals surface area contributed by atoms with Gasteiger partial charge in [-0.3, -0.25) is 19.3 Å². The van der Waals surface area contributed by atoms with E-state index in [0.29, 0.717) is 4.34 Å². The summed E-state index contributed by atoms with van der Waals surface area (Å²) in [5, 5.41) is 4.82. The van der Waals surface area contributed by atoms with Gasteiger partial charge in [-0.15, -0.1) is 11.3 Å². The number of anilines is 2. The van der Waals surface area contributed by atoms with Crippen LogP contribution in [0, 0.1) is 11.7 Å². The lowest BCUT2D eigenvalue weighted by molar-refractivity contribution is -0.154. The molecule has 0 bridgehead atoms. The Morgan fingerprint density at radius 3 is 2.55 bits per heavy atom. The molecule has 208 valence electrons. The van der Waals surface area contributed by atoms with Crippen LogP contribution in [-0.2, 0) is 14.3 Å². The van der Waals surface area contributed by atoms with Crippen LogP contribution in [0.5, 0.6) is 0 Å². The highest BCUT2D eigenvalue weighted by atomic mass is 35.5. The first-order valence-corrected chi connectivity index (χ1v) is 12.9. The maximum Gasteiger partial charge on any atom is 0.401 e. The van der Waals surface area contributed by atoms with E-state index >= 15 is 0 Å². The van der Waals surface area contributed by atoms with E-state index in [2.05, 4.69) is 10.6 Å². The summed E-state index contributed by atoms with van der Waals surface area (Å²) in [4.78, 5) is 40.2. The predicted octanol–water partition coefficient (Wildman–Crippen LogP) is 4.16. The normalized spacial score (nSPS) is 15.2. The third-order valence-electron chi connectivity index (χ3n) is 5.49. The Hall–Kier alpha value is -2.74. The van der Waals surface area contributed by atoms with Gasteiger partial charge in [0.2, 0.25) is 5.91 Å². The van der Waals surface area contributed by atoms with Crippen molar-refractivity contribution < 1.29 is 36.7 Å². The summed E-state index contributed by atoms with van der Waals surface area (Å²) in [6.45, 7) is 1.75. The van der Waals surface area contributed by atoms with E-state index in [-0.39, 0.29) is 54.4 Å². The molecule has 0 spiro atoms. The van der Waals surface area contributed by atoms with Crippen LogP contribution in [0.25, 0.3) is 0 Å². The van der Waals surface area contributed by atoms with E-state index in [4.69, 9.17) is 16.3 Å². The van der Waals surface area contributed by atoms with Crippen molar-refractivity contribution in [3.05, 3.63) is 45.4 Å². The van der Waals surface area contributed by atoms with Crippen molar-refractivity contribution in [2.24, 2.45) is 5.92 Å². The standard InChI is InChI=1S/C24H27ClF4N4O4S/c1-14(2)11-32(13-24(27,28)29)18(10-30-23(36)19-5-6-20(25)38-19)22(35)31-17-4-3-15(9-16(17)26)33-7-8-37-12-21(33)34/h3-6,9,14,18H,7-8,10-13H2,1-2H3,(H,30,36)(H,31,35)/t18-/m1/s1. The first-order chi connectivity index (χ1) is 17.8. The number of hydrogen-bond acceptors (Lipinski definition) is 6. The largest absolute Gasteiger partial charge is 0.401 e. The minimum absolute atomic E-state index is 0.112. The quantitative estimate of drug-likeness (QED) is 0.413. The number of rotatable bonds is 10. The molecule has 2 N–H and O–H groups in total. The van der Waals surface area contributed by atoms with Crippen molar-refractivity contribution in [2.75, 3.05) is 49.6 Å². The van der Waals surface area contributed by atoms with Gasteiger partial charge in [0.05, 0.1) is 28.1 Å². The Morgan fingerprint density at radius 1 is 1.24 bits per heavy atom. The van der Waals surface area contributed by atoms with Crippen LogP contribution >= 0.6 is 22.9 Å². The van der Waals surface area contributed by atoms with E-state index in [0.717, 1.165) is 22.3 Å². The third kappa shape index (κ3) is 8.38. The van der Waals surface area contributed by atoms with Crippen LogP contribution in [0.3, 0.4) is 0 Å². The van der Waals surface area contributed by atoms with Gasteiger partial charge < -0.3 is 20.3 Å². The molecule has 38 heavy (non-hydrogen) atoms. The average molecular weight is 579 g/mol. The van der Waals surface area contributed by atoms with E-state index < -0.39 is 42.9 Å². The van der Waals surface area contributed by atoms with Crippen LogP contribution in [-0.4, -0.2) is 74.2 Å². The molecule has 1 aromatic heterocycles. The van der Waals surface area contributed by atoms with Crippen LogP contribution in [0.15, 0.2) is 30.3 Å². The molecule has 1 atom stereocenters.